The molecule has 3 heterocycles. The minimum Gasteiger partial charge on any atom is -0.348 e. The van der Waals surface area contributed by atoms with Gasteiger partial charge in [-0.2, -0.15) is 0 Å². The van der Waals surface area contributed by atoms with Crippen LogP contribution in [0.15, 0.2) is 46.7 Å². The molecule has 27 heavy (non-hydrogen) atoms. The van der Waals surface area contributed by atoms with Gasteiger partial charge in [0.25, 0.3) is 11.2 Å². The summed E-state index contributed by atoms with van der Waals surface area (Å²) in [6.45, 7) is 4.36. The van der Waals surface area contributed by atoms with E-state index in [1.807, 2.05) is 31.4 Å². The van der Waals surface area contributed by atoms with E-state index in [0.717, 1.165) is 47.3 Å². The number of aryl methyl sites for hydroxylation is 2. The van der Waals surface area contributed by atoms with Gasteiger partial charge in [-0.1, -0.05) is 6.07 Å². The van der Waals surface area contributed by atoms with Gasteiger partial charge in [0, 0.05) is 40.5 Å². The Bertz CT molecular complexity index is 1050. The van der Waals surface area contributed by atoms with E-state index >= 15 is 0 Å². The van der Waals surface area contributed by atoms with Crippen molar-refractivity contribution in [2.45, 2.75) is 33.4 Å². The highest BCUT2D eigenvalue weighted by Crippen LogP contribution is 2.19. The van der Waals surface area contributed by atoms with Crippen LogP contribution in [0.5, 0.6) is 0 Å². The van der Waals surface area contributed by atoms with Crippen molar-refractivity contribution in [2.75, 3.05) is 0 Å². The summed E-state index contributed by atoms with van der Waals surface area (Å²) in [4.78, 5) is 36.2. The van der Waals surface area contributed by atoms with E-state index in [2.05, 4.69) is 10.6 Å². The second-order valence-electron chi connectivity index (χ2n) is 6.30. The third kappa shape index (κ3) is 4.06. The van der Waals surface area contributed by atoms with Crippen molar-refractivity contribution in [2.24, 2.45) is 0 Å². The van der Waals surface area contributed by atoms with Gasteiger partial charge < -0.3 is 9.13 Å². The molecule has 0 N–H and O–H groups in total. The molecule has 140 valence electrons. The molecule has 0 bridgehead atoms. The first-order chi connectivity index (χ1) is 12.9. The van der Waals surface area contributed by atoms with E-state index in [9.17, 15) is 19.7 Å². The minimum atomic E-state index is -0.586. The van der Waals surface area contributed by atoms with Crippen LogP contribution in [0.4, 0.5) is 5.69 Å². The van der Waals surface area contributed by atoms with Crippen LogP contribution >= 0.6 is 11.3 Å². The highest BCUT2D eigenvalue weighted by atomic mass is 32.1. The number of nitro groups is 1. The monoisotopic (exact) mass is 385 g/mol. The number of carbonyl (C=O) groups is 1. The summed E-state index contributed by atoms with van der Waals surface area (Å²) in [5.74, 6) is -0.243. The van der Waals surface area contributed by atoms with Crippen molar-refractivity contribution in [1.29, 1.82) is 0 Å². The first-order valence-corrected chi connectivity index (χ1v) is 9.32. The van der Waals surface area contributed by atoms with E-state index in [0.29, 0.717) is 5.56 Å². The number of rotatable bonds is 7. The summed E-state index contributed by atoms with van der Waals surface area (Å²) in [5, 5.41) is 12.9. The van der Waals surface area contributed by atoms with Gasteiger partial charge in [-0.05, 0) is 37.8 Å². The van der Waals surface area contributed by atoms with Gasteiger partial charge in [-0.3, -0.25) is 19.7 Å². The Morgan fingerprint density at radius 3 is 2.70 bits per heavy atom. The van der Waals surface area contributed by atoms with Crippen molar-refractivity contribution in [3.63, 3.8) is 0 Å². The predicted molar refractivity (Wildman–Crippen MR) is 104 cm³/mol. The summed E-state index contributed by atoms with van der Waals surface area (Å²) in [6.07, 6.45) is 1.99. The van der Waals surface area contributed by atoms with Gasteiger partial charge in [-0.15, -0.1) is 11.3 Å². The third-order valence-electron chi connectivity index (χ3n) is 4.53. The molecule has 0 aliphatic carbocycles. The number of carbonyl (C=O) groups excluding carboxylic acids is 1. The van der Waals surface area contributed by atoms with Crippen LogP contribution < -0.4 is 5.56 Å². The molecule has 0 fully saturated rings. The molecule has 7 nitrogen and oxygen atoms in total. The first kappa shape index (κ1) is 18.8. The molecule has 0 atom stereocenters. The molecule has 0 unspecified atom stereocenters. The molecule has 8 heteroatoms. The molecule has 0 aromatic carbocycles. The Balaban J connectivity index is 1.81. The van der Waals surface area contributed by atoms with Gasteiger partial charge in [-0.25, -0.2) is 0 Å². The molecule has 3 aromatic rings. The number of ketones is 1. The Labute approximate surface area is 159 Å². The lowest BCUT2D eigenvalue weighted by molar-refractivity contribution is -0.385. The zero-order valence-corrected chi connectivity index (χ0v) is 15.9. The van der Waals surface area contributed by atoms with Gasteiger partial charge >= 0.3 is 0 Å². The molecule has 0 aliphatic heterocycles. The van der Waals surface area contributed by atoms with Crippen LogP contribution in [0.1, 0.15) is 26.6 Å². The van der Waals surface area contributed by atoms with Crippen LogP contribution in [0.3, 0.4) is 0 Å². The fourth-order valence-corrected chi connectivity index (χ4v) is 3.79. The van der Waals surface area contributed by atoms with Crippen molar-refractivity contribution in [3.05, 3.63) is 84.2 Å². The van der Waals surface area contributed by atoms with Gasteiger partial charge in [0.15, 0.2) is 5.78 Å². The summed E-state index contributed by atoms with van der Waals surface area (Å²) in [7, 11) is 0. The van der Waals surface area contributed by atoms with E-state index in [1.54, 1.807) is 11.3 Å². The normalized spacial score (nSPS) is 10.9. The largest absolute Gasteiger partial charge is 0.348 e. The number of hydrogen-bond acceptors (Lipinski definition) is 5. The van der Waals surface area contributed by atoms with Crippen LogP contribution in [0.2, 0.25) is 0 Å². The minimum absolute atomic E-state index is 0.219. The Hall–Kier alpha value is -3.00. The average molecular weight is 385 g/mol. The van der Waals surface area contributed by atoms with Crippen LogP contribution in [0, 0.1) is 24.0 Å². The molecule has 0 saturated heterocycles. The molecule has 0 spiro atoms. The number of nitrogens with zero attached hydrogens (tertiary/aromatic N) is 3. The maximum Gasteiger partial charge on any atom is 0.285 e. The van der Waals surface area contributed by atoms with E-state index in [-0.39, 0.29) is 18.0 Å². The zero-order chi connectivity index (χ0) is 19.6. The Morgan fingerprint density at radius 2 is 2.04 bits per heavy atom. The summed E-state index contributed by atoms with van der Waals surface area (Å²) in [5.41, 5.74) is 1.69. The first-order valence-electron chi connectivity index (χ1n) is 8.44. The molecule has 0 aliphatic rings. The summed E-state index contributed by atoms with van der Waals surface area (Å²) < 4.78 is 3.17. The zero-order valence-electron chi connectivity index (χ0n) is 15.0. The number of thiophene rings is 1. The fourth-order valence-electron chi connectivity index (χ4n) is 3.09. The number of Topliss-reactive ketones (excluding diaryl/α,β-unsaturated/α-hetero) is 1. The predicted octanol–water partition coefficient (Wildman–Crippen LogP) is 3.36. The van der Waals surface area contributed by atoms with E-state index in [1.165, 1.54) is 4.88 Å². The van der Waals surface area contributed by atoms with Crippen LogP contribution in [-0.2, 0) is 19.5 Å². The number of pyridine rings is 1. The highest BCUT2D eigenvalue weighted by Gasteiger charge is 2.18. The Morgan fingerprint density at radius 1 is 1.26 bits per heavy atom. The highest BCUT2D eigenvalue weighted by molar-refractivity contribution is 7.09. The van der Waals surface area contributed by atoms with Gasteiger partial charge in [0.2, 0.25) is 0 Å². The summed E-state index contributed by atoms with van der Waals surface area (Å²) in [6, 6.07) is 8.16. The van der Waals surface area contributed by atoms with E-state index < -0.39 is 10.5 Å². The van der Waals surface area contributed by atoms with Crippen molar-refractivity contribution in [1.82, 2.24) is 9.13 Å². The van der Waals surface area contributed by atoms with Crippen molar-refractivity contribution in [3.8, 4) is 0 Å². The number of hydrogen-bond donors (Lipinski definition) is 0. The van der Waals surface area contributed by atoms with Crippen LogP contribution in [0.25, 0.3) is 0 Å². The maximum atomic E-state index is 12.7. The second-order valence-corrected chi connectivity index (χ2v) is 7.33. The SMILES string of the molecule is Cc1cc(C(=O)Cn2cc([N+](=O)[O-])ccc2=O)c(C)n1CCc1cccs1. The molecular weight excluding hydrogens is 366 g/mol. The number of aromatic nitrogens is 2. The molecule has 0 saturated carbocycles. The topological polar surface area (TPSA) is 87.1 Å². The molecule has 3 rings (SSSR count). The van der Waals surface area contributed by atoms with Gasteiger partial charge in [0.1, 0.15) is 0 Å². The van der Waals surface area contributed by atoms with Gasteiger partial charge in [0.05, 0.1) is 17.7 Å². The maximum absolute atomic E-state index is 12.7. The van der Waals surface area contributed by atoms with Crippen LogP contribution in [-0.4, -0.2) is 19.8 Å². The summed E-state index contributed by atoms with van der Waals surface area (Å²) >= 11 is 1.70. The quantitative estimate of drug-likeness (QED) is 0.354. The fraction of sp³-hybridized carbons (Fsp3) is 0.263. The average Bonchev–Trinajstić information content (AvgIpc) is 3.23. The molecule has 3 aromatic heterocycles. The smallest absolute Gasteiger partial charge is 0.285 e. The molecule has 0 radical (unpaired) electrons. The lowest BCUT2D eigenvalue weighted by atomic mass is 10.1. The lowest BCUT2D eigenvalue weighted by Crippen LogP contribution is -2.23. The molecule has 0 amide bonds. The van der Waals surface area contributed by atoms with Crippen molar-refractivity contribution < 1.29 is 9.72 Å². The standard InChI is InChI=1S/C19H19N3O4S/c1-13-10-17(14(2)21(13)8-7-16-4-3-9-27-16)18(23)12-20-11-15(22(25)26)5-6-19(20)24/h3-6,9-11H,7-8,12H2,1-2H3. The van der Waals surface area contributed by atoms with Crippen molar-refractivity contribution >= 4 is 22.8 Å². The Kier molecular flexibility index (Phi) is 5.36. The second kappa shape index (κ2) is 7.71. The van der Waals surface area contributed by atoms with E-state index in [4.69, 9.17) is 0 Å². The molecular formula is C19H19N3O4S. The lowest BCUT2D eigenvalue weighted by Gasteiger charge is -2.09. The third-order valence-corrected chi connectivity index (χ3v) is 5.46.